The van der Waals surface area contributed by atoms with Crippen LogP contribution < -0.4 is 0 Å². The lowest BCUT2D eigenvalue weighted by Gasteiger charge is -2.55. The van der Waals surface area contributed by atoms with Crippen LogP contribution in [0.15, 0.2) is 73.1 Å². The maximum absolute atomic E-state index is 13.1. The van der Waals surface area contributed by atoms with E-state index in [0.29, 0.717) is 23.5 Å². The summed E-state index contributed by atoms with van der Waals surface area (Å²) < 4.78 is 12.7. The van der Waals surface area contributed by atoms with Crippen molar-refractivity contribution in [3.63, 3.8) is 0 Å². The molecule has 70 heavy (non-hydrogen) atoms. The monoisotopic (exact) mass is 951 g/mol. The van der Waals surface area contributed by atoms with Gasteiger partial charge < -0.3 is 29.7 Å². The molecule has 2 aromatic heterocycles. The summed E-state index contributed by atoms with van der Waals surface area (Å²) in [5.74, 6) is 0.531. The van der Waals surface area contributed by atoms with Crippen LogP contribution in [0.2, 0.25) is 0 Å². The minimum atomic E-state index is -1.07. The predicted octanol–water partition coefficient (Wildman–Crippen LogP) is 12.1. The number of aromatic nitrogens is 4. The Labute approximate surface area is 416 Å². The molecule has 4 bridgehead atoms. The molecule has 0 spiro atoms. The maximum Gasteiger partial charge on any atom is 0.202 e. The summed E-state index contributed by atoms with van der Waals surface area (Å²) in [6.07, 6.45) is 21.3. The van der Waals surface area contributed by atoms with E-state index in [0.717, 1.165) is 96.1 Å². The number of H-pyrrole nitrogens is 2. The number of fused-ring (bicyclic) bond motifs is 4. The Kier molecular flexibility index (Phi) is 13.0. The van der Waals surface area contributed by atoms with Crippen LogP contribution in [0.5, 0.6) is 0 Å². The summed E-state index contributed by atoms with van der Waals surface area (Å²) in [6.45, 7) is 25.6. The highest BCUT2D eigenvalue weighted by Gasteiger charge is 2.63. The van der Waals surface area contributed by atoms with Gasteiger partial charge in [-0.3, -0.25) is 9.59 Å². The summed E-state index contributed by atoms with van der Waals surface area (Å²) in [5, 5.41) is 24.6. The summed E-state index contributed by atoms with van der Waals surface area (Å²) >= 11 is 0. The molecule has 10 atom stereocenters. The molecule has 0 amide bonds. The van der Waals surface area contributed by atoms with E-state index in [-0.39, 0.29) is 59.3 Å². The zero-order valence-electron chi connectivity index (χ0n) is 43.9. The second kappa shape index (κ2) is 18.1. The van der Waals surface area contributed by atoms with Crippen LogP contribution in [0.4, 0.5) is 0 Å². The normalized spacial score (nSPS) is 33.8. The van der Waals surface area contributed by atoms with Crippen molar-refractivity contribution >= 4 is 22.7 Å². The lowest BCUT2D eigenvalue weighted by Crippen LogP contribution is -2.61. The fourth-order valence-electron chi connectivity index (χ4n) is 12.8. The second-order valence-corrected chi connectivity index (χ2v) is 24.2. The SMILES string of the molecule is Cc1cnc(C(=O)Cc2ccc(C3(O)[C@@H](C)[C@@]4(C)C=C[C@](C)(O4)[C@H]3C)cc2C2=CCC(C)(C)CC2)[nH]1.Cc1cnc(C(=O)Cc2ccc(C3(O)[C@H](C)[C@@H]4CC[C@@H](O4)[C@@H]3C)cc2C2=CCC(C)(C)CC2)[nH]1. The Hall–Kier alpha value is -4.74. The van der Waals surface area contributed by atoms with E-state index in [2.05, 4.69) is 132 Å². The molecule has 2 unspecified atom stereocenters. The Morgan fingerprint density at radius 3 is 1.43 bits per heavy atom. The quantitative estimate of drug-likeness (QED) is 0.0906. The number of aromatic amines is 2. The van der Waals surface area contributed by atoms with Gasteiger partial charge in [-0.1, -0.05) is 104 Å². The molecule has 10 rings (SSSR count). The van der Waals surface area contributed by atoms with Crippen molar-refractivity contribution in [1.29, 1.82) is 0 Å². The lowest BCUT2D eigenvalue weighted by molar-refractivity contribution is -0.257. The first-order valence-corrected chi connectivity index (χ1v) is 26.1. The molecule has 3 fully saturated rings. The highest BCUT2D eigenvalue weighted by Crippen LogP contribution is 2.58. The molecule has 4 aliphatic heterocycles. The van der Waals surface area contributed by atoms with Crippen molar-refractivity contribution in [2.45, 2.75) is 182 Å². The number of ketones is 2. The van der Waals surface area contributed by atoms with E-state index in [1.54, 1.807) is 12.4 Å². The Balaban J connectivity index is 0.000000174. The van der Waals surface area contributed by atoms with Gasteiger partial charge >= 0.3 is 0 Å². The molecule has 0 saturated carbocycles. The third-order valence-corrected chi connectivity index (χ3v) is 18.2. The summed E-state index contributed by atoms with van der Waals surface area (Å²) in [5.41, 5.74) is 7.85. The van der Waals surface area contributed by atoms with Gasteiger partial charge in [0, 0.05) is 60.3 Å². The van der Waals surface area contributed by atoms with Gasteiger partial charge in [0.2, 0.25) is 11.6 Å². The number of Topliss-reactive ketones (excluding diaryl/α,β-unsaturated/α-hetero) is 2. The van der Waals surface area contributed by atoms with E-state index >= 15 is 0 Å². The lowest BCUT2D eigenvalue weighted by atomic mass is 9.62. The maximum atomic E-state index is 13.1. The van der Waals surface area contributed by atoms with Gasteiger partial charge in [0.15, 0.2) is 11.6 Å². The molecule has 6 aliphatic rings. The largest absolute Gasteiger partial charge is 0.384 e. The fourth-order valence-corrected chi connectivity index (χ4v) is 12.8. The van der Waals surface area contributed by atoms with Crippen molar-refractivity contribution in [2.24, 2.45) is 34.5 Å². The summed E-state index contributed by atoms with van der Waals surface area (Å²) in [6, 6.07) is 12.5. The van der Waals surface area contributed by atoms with Crippen LogP contribution in [0.1, 0.15) is 187 Å². The van der Waals surface area contributed by atoms with Crippen LogP contribution in [-0.2, 0) is 33.5 Å². The zero-order valence-corrected chi connectivity index (χ0v) is 43.9. The van der Waals surface area contributed by atoms with Crippen molar-refractivity contribution in [2.75, 3.05) is 0 Å². The van der Waals surface area contributed by atoms with Crippen molar-refractivity contribution in [3.05, 3.63) is 130 Å². The number of ether oxygens (including phenoxy) is 2. The standard InChI is InChI=1S/C31H40N2O3.C29H38N2O3/c1-19-18-32-27(33-19)26(34)16-23-8-9-24(17-25(23)22-10-12-28(4,5)13-11-22)31(35)20(2)29(6)14-15-30(7,36-29)21(31)3;1-17-16-30-27(31-17)24(32)14-21-6-7-22(15-23(21)20-10-12-28(4,5)13-11-20)29(33)18(2)25-8-9-26(34-25)19(29)3/h8-10,14-15,17-18,20-21,35H,11-13,16H2,1-7H3,(H,32,33);6-7,10,15-16,18-19,25-26,33H,8-9,11-14H2,1-5H3,(H,30,31)/t20-,21+,29+,30-,31?;18-,19+,25+,26-,29?. The smallest absolute Gasteiger partial charge is 0.202 e. The van der Waals surface area contributed by atoms with E-state index in [1.807, 2.05) is 32.0 Å². The number of carbonyl (C=O) groups excluding carboxylic acids is 2. The highest BCUT2D eigenvalue weighted by molar-refractivity contribution is 5.96. The van der Waals surface area contributed by atoms with Gasteiger partial charge in [-0.25, -0.2) is 9.97 Å². The first-order chi connectivity index (χ1) is 32.9. The van der Waals surface area contributed by atoms with Gasteiger partial charge in [0.1, 0.15) is 5.60 Å². The molecule has 4 N–H and O–H groups in total. The van der Waals surface area contributed by atoms with Crippen molar-refractivity contribution in [3.8, 4) is 0 Å². The molecule has 10 heteroatoms. The van der Waals surface area contributed by atoms with Crippen LogP contribution in [0.3, 0.4) is 0 Å². The third-order valence-electron chi connectivity index (χ3n) is 18.2. The van der Waals surface area contributed by atoms with Gasteiger partial charge in [-0.15, -0.1) is 0 Å². The molecule has 6 heterocycles. The number of rotatable bonds is 10. The Bertz CT molecular complexity index is 2730. The van der Waals surface area contributed by atoms with Crippen LogP contribution in [-0.4, -0.2) is 65.1 Å². The first-order valence-electron chi connectivity index (χ1n) is 26.1. The van der Waals surface area contributed by atoms with E-state index < -0.39 is 22.4 Å². The minimum Gasteiger partial charge on any atom is -0.384 e. The van der Waals surface area contributed by atoms with E-state index in [4.69, 9.17) is 9.47 Å². The number of benzene rings is 2. The van der Waals surface area contributed by atoms with Crippen molar-refractivity contribution < 1.29 is 29.3 Å². The predicted molar refractivity (Wildman–Crippen MR) is 276 cm³/mol. The summed E-state index contributed by atoms with van der Waals surface area (Å²) in [7, 11) is 0. The number of aryl methyl sites for hydroxylation is 2. The Morgan fingerprint density at radius 1 is 0.643 bits per heavy atom. The van der Waals surface area contributed by atoms with Crippen LogP contribution >= 0.6 is 0 Å². The molecule has 4 aromatic rings. The topological polar surface area (TPSA) is 150 Å². The molecule has 2 aromatic carbocycles. The van der Waals surface area contributed by atoms with Gasteiger partial charge in [-0.05, 0) is 147 Å². The van der Waals surface area contributed by atoms with Gasteiger partial charge in [-0.2, -0.15) is 0 Å². The molecular weight excluding hydrogens is 873 g/mol. The highest BCUT2D eigenvalue weighted by atomic mass is 16.5. The molecule has 0 radical (unpaired) electrons. The van der Waals surface area contributed by atoms with E-state index in [9.17, 15) is 19.8 Å². The fraction of sp³-hybridized carbons (Fsp3) is 0.567. The van der Waals surface area contributed by atoms with Gasteiger partial charge in [0.05, 0.1) is 29.0 Å². The Morgan fingerprint density at radius 2 is 1.06 bits per heavy atom. The number of carbonyl (C=O) groups is 2. The number of nitrogens with zero attached hydrogens (tertiary/aromatic N) is 2. The minimum absolute atomic E-state index is 0.0107. The number of allylic oxidation sites excluding steroid dienone is 4. The average Bonchev–Trinajstić information content (AvgIpc) is 4.14. The molecule has 374 valence electrons. The third kappa shape index (κ3) is 8.98. The summed E-state index contributed by atoms with van der Waals surface area (Å²) in [4.78, 5) is 40.8. The average molecular weight is 951 g/mol. The molecule has 3 saturated heterocycles. The number of nitrogens with one attached hydrogen (secondary N) is 2. The van der Waals surface area contributed by atoms with Gasteiger partial charge in [0.25, 0.3) is 0 Å². The van der Waals surface area contributed by atoms with Crippen LogP contribution in [0.25, 0.3) is 11.1 Å². The number of hydrogen-bond donors (Lipinski definition) is 4. The van der Waals surface area contributed by atoms with Crippen molar-refractivity contribution in [1.82, 2.24) is 19.9 Å². The molecule has 2 aliphatic carbocycles. The van der Waals surface area contributed by atoms with Crippen LogP contribution in [0, 0.1) is 48.3 Å². The number of hydrogen-bond acceptors (Lipinski definition) is 8. The number of aliphatic hydroxyl groups is 2. The number of imidazole rings is 2. The van der Waals surface area contributed by atoms with E-state index in [1.165, 1.54) is 11.1 Å². The zero-order chi connectivity index (χ0) is 50.3. The molecular formula is C60H78N4O6. The second-order valence-electron chi connectivity index (χ2n) is 24.2. The first kappa shape index (κ1) is 50.2. The molecule has 10 nitrogen and oxygen atoms in total.